The smallest absolute Gasteiger partial charge is 0.257 e. The van der Waals surface area contributed by atoms with Gasteiger partial charge in [-0.1, -0.05) is 47.6 Å². The van der Waals surface area contributed by atoms with Crippen molar-refractivity contribution in [3.8, 4) is 17.0 Å². The fourth-order valence-corrected chi connectivity index (χ4v) is 2.85. The molecular formula is C22H24N2O3. The Bertz CT molecular complexity index is 884. The van der Waals surface area contributed by atoms with E-state index in [2.05, 4.69) is 10.5 Å². The van der Waals surface area contributed by atoms with E-state index < -0.39 is 0 Å². The molecule has 1 amide bonds. The average Bonchev–Trinajstić information content (AvgIpc) is 3.05. The van der Waals surface area contributed by atoms with Crippen molar-refractivity contribution in [3.63, 3.8) is 0 Å². The van der Waals surface area contributed by atoms with Crippen molar-refractivity contribution in [2.24, 2.45) is 0 Å². The van der Waals surface area contributed by atoms with Crippen LogP contribution in [0.3, 0.4) is 0 Å². The van der Waals surface area contributed by atoms with E-state index in [4.69, 9.17) is 9.26 Å². The second-order valence-corrected chi connectivity index (χ2v) is 6.64. The minimum atomic E-state index is -0.174. The van der Waals surface area contributed by atoms with Gasteiger partial charge in [-0.05, 0) is 44.9 Å². The van der Waals surface area contributed by atoms with E-state index in [1.165, 1.54) is 0 Å². The van der Waals surface area contributed by atoms with E-state index >= 15 is 0 Å². The SMILES string of the molecule is Cc1onc(-c2ccccc2)c1C(=O)NCCc1ccc(OC(C)C)cc1. The standard InChI is InChI=1S/C22H24N2O3/c1-15(2)26-19-11-9-17(10-12-19)13-14-23-22(25)20-16(3)27-24-21(20)18-7-5-4-6-8-18/h4-12,15H,13-14H2,1-3H3,(H,23,25). The molecule has 3 rings (SSSR count). The van der Waals surface area contributed by atoms with Gasteiger partial charge in [-0.25, -0.2) is 0 Å². The first-order chi connectivity index (χ1) is 13.0. The van der Waals surface area contributed by atoms with Crippen LogP contribution in [0.2, 0.25) is 0 Å². The minimum absolute atomic E-state index is 0.153. The topological polar surface area (TPSA) is 64.4 Å². The monoisotopic (exact) mass is 364 g/mol. The summed E-state index contributed by atoms with van der Waals surface area (Å²) in [5.74, 6) is 1.19. The summed E-state index contributed by atoms with van der Waals surface area (Å²) in [6.45, 7) is 6.28. The lowest BCUT2D eigenvalue weighted by Gasteiger charge is -2.10. The van der Waals surface area contributed by atoms with Crippen LogP contribution in [-0.2, 0) is 6.42 Å². The molecule has 5 heteroatoms. The Morgan fingerprint density at radius 1 is 1.11 bits per heavy atom. The van der Waals surface area contributed by atoms with E-state index in [-0.39, 0.29) is 12.0 Å². The van der Waals surface area contributed by atoms with Crippen LogP contribution in [0, 0.1) is 6.92 Å². The number of hydrogen-bond acceptors (Lipinski definition) is 4. The Balaban J connectivity index is 1.61. The van der Waals surface area contributed by atoms with Gasteiger partial charge in [0.1, 0.15) is 22.8 Å². The molecule has 2 aromatic carbocycles. The van der Waals surface area contributed by atoms with Crippen LogP contribution < -0.4 is 10.1 Å². The Morgan fingerprint density at radius 3 is 2.48 bits per heavy atom. The van der Waals surface area contributed by atoms with Gasteiger partial charge in [0.25, 0.3) is 5.91 Å². The maximum atomic E-state index is 12.7. The molecule has 1 N–H and O–H groups in total. The van der Waals surface area contributed by atoms with Gasteiger partial charge in [0.15, 0.2) is 0 Å². The van der Waals surface area contributed by atoms with Crippen molar-refractivity contribution in [1.29, 1.82) is 0 Å². The highest BCUT2D eigenvalue weighted by atomic mass is 16.5. The molecule has 0 spiro atoms. The zero-order valence-corrected chi connectivity index (χ0v) is 15.9. The first kappa shape index (κ1) is 18.7. The number of benzene rings is 2. The summed E-state index contributed by atoms with van der Waals surface area (Å²) in [4.78, 5) is 12.7. The van der Waals surface area contributed by atoms with Crippen LogP contribution in [0.4, 0.5) is 0 Å². The first-order valence-electron chi connectivity index (χ1n) is 9.10. The molecule has 0 saturated carbocycles. The highest BCUT2D eigenvalue weighted by molar-refractivity contribution is 6.00. The van der Waals surface area contributed by atoms with Crippen LogP contribution in [0.5, 0.6) is 5.75 Å². The third kappa shape index (κ3) is 4.76. The van der Waals surface area contributed by atoms with Crippen molar-refractivity contribution in [3.05, 3.63) is 71.5 Å². The summed E-state index contributed by atoms with van der Waals surface area (Å²) >= 11 is 0. The van der Waals surface area contributed by atoms with Gasteiger partial charge in [0, 0.05) is 12.1 Å². The quantitative estimate of drug-likeness (QED) is 0.674. The molecule has 0 bridgehead atoms. The fourth-order valence-electron chi connectivity index (χ4n) is 2.85. The molecule has 1 aromatic heterocycles. The lowest BCUT2D eigenvalue weighted by molar-refractivity contribution is 0.0953. The van der Waals surface area contributed by atoms with E-state index in [9.17, 15) is 4.79 Å². The summed E-state index contributed by atoms with van der Waals surface area (Å²) in [6.07, 6.45) is 0.888. The van der Waals surface area contributed by atoms with E-state index in [0.717, 1.165) is 23.3 Å². The molecule has 3 aromatic rings. The number of hydrogen-bond donors (Lipinski definition) is 1. The van der Waals surface area contributed by atoms with Gasteiger partial charge < -0.3 is 14.6 Å². The molecule has 0 fully saturated rings. The molecule has 140 valence electrons. The van der Waals surface area contributed by atoms with Crippen molar-refractivity contribution in [2.45, 2.75) is 33.3 Å². The second kappa shape index (κ2) is 8.54. The first-order valence-corrected chi connectivity index (χ1v) is 9.10. The molecule has 1 heterocycles. The van der Waals surface area contributed by atoms with E-state index in [1.54, 1.807) is 6.92 Å². The van der Waals surface area contributed by atoms with Crippen molar-refractivity contribution >= 4 is 5.91 Å². The Morgan fingerprint density at radius 2 is 1.81 bits per heavy atom. The zero-order chi connectivity index (χ0) is 19.2. The van der Waals surface area contributed by atoms with Crippen LogP contribution >= 0.6 is 0 Å². The lowest BCUT2D eigenvalue weighted by atomic mass is 10.1. The van der Waals surface area contributed by atoms with Crippen molar-refractivity contribution in [2.75, 3.05) is 6.54 Å². The Labute approximate surface area is 159 Å². The van der Waals surface area contributed by atoms with E-state index in [0.29, 0.717) is 23.6 Å². The maximum Gasteiger partial charge on any atom is 0.257 e. The number of rotatable bonds is 7. The summed E-state index contributed by atoms with van der Waals surface area (Å²) in [6, 6.07) is 17.5. The Kier molecular flexibility index (Phi) is 5.91. The van der Waals surface area contributed by atoms with Gasteiger partial charge >= 0.3 is 0 Å². The lowest BCUT2D eigenvalue weighted by Crippen LogP contribution is -2.26. The van der Waals surface area contributed by atoms with Crippen molar-refractivity contribution in [1.82, 2.24) is 10.5 Å². The number of carbonyl (C=O) groups is 1. The fraction of sp³-hybridized carbons (Fsp3) is 0.273. The summed E-state index contributed by atoms with van der Waals surface area (Å²) in [7, 11) is 0. The molecule has 0 aliphatic rings. The van der Waals surface area contributed by atoms with Crippen LogP contribution in [0.1, 0.15) is 35.5 Å². The number of ether oxygens (including phenoxy) is 1. The Hall–Kier alpha value is -3.08. The van der Waals surface area contributed by atoms with Crippen LogP contribution in [-0.4, -0.2) is 23.7 Å². The van der Waals surface area contributed by atoms with E-state index in [1.807, 2.05) is 68.4 Å². The second-order valence-electron chi connectivity index (χ2n) is 6.64. The maximum absolute atomic E-state index is 12.7. The molecular weight excluding hydrogens is 340 g/mol. The van der Waals surface area contributed by atoms with Gasteiger partial charge in [0.2, 0.25) is 0 Å². The minimum Gasteiger partial charge on any atom is -0.491 e. The summed E-state index contributed by atoms with van der Waals surface area (Å²) in [5, 5.41) is 7.02. The molecule has 27 heavy (non-hydrogen) atoms. The number of carbonyl (C=O) groups excluding carboxylic acids is 1. The van der Waals surface area contributed by atoms with Crippen molar-refractivity contribution < 1.29 is 14.1 Å². The van der Waals surface area contributed by atoms with Crippen LogP contribution in [0.25, 0.3) is 11.3 Å². The zero-order valence-electron chi connectivity index (χ0n) is 15.9. The number of aryl methyl sites for hydroxylation is 1. The number of aromatic nitrogens is 1. The van der Waals surface area contributed by atoms with Gasteiger partial charge in [0.05, 0.1) is 6.10 Å². The molecule has 5 nitrogen and oxygen atoms in total. The normalized spacial score (nSPS) is 10.8. The number of amides is 1. The average molecular weight is 364 g/mol. The molecule has 0 radical (unpaired) electrons. The predicted octanol–water partition coefficient (Wildman–Crippen LogP) is 4.41. The largest absolute Gasteiger partial charge is 0.491 e. The number of nitrogens with zero attached hydrogens (tertiary/aromatic N) is 1. The van der Waals surface area contributed by atoms with Gasteiger partial charge in [-0.15, -0.1) is 0 Å². The molecule has 0 aliphatic carbocycles. The third-order valence-electron chi connectivity index (χ3n) is 4.13. The summed E-state index contributed by atoms with van der Waals surface area (Å²) < 4.78 is 10.9. The summed E-state index contributed by atoms with van der Waals surface area (Å²) in [5.41, 5.74) is 3.06. The molecule has 0 aliphatic heterocycles. The van der Waals surface area contributed by atoms with Gasteiger partial charge in [-0.3, -0.25) is 4.79 Å². The third-order valence-corrected chi connectivity index (χ3v) is 4.13. The highest BCUT2D eigenvalue weighted by Gasteiger charge is 2.21. The number of nitrogens with one attached hydrogen (secondary N) is 1. The molecule has 0 atom stereocenters. The highest BCUT2D eigenvalue weighted by Crippen LogP contribution is 2.24. The molecule has 0 saturated heterocycles. The van der Waals surface area contributed by atoms with Crippen LogP contribution in [0.15, 0.2) is 59.1 Å². The molecule has 0 unspecified atom stereocenters. The predicted molar refractivity (Wildman–Crippen MR) is 105 cm³/mol. The van der Waals surface area contributed by atoms with Gasteiger partial charge in [-0.2, -0.15) is 0 Å².